The second-order valence-corrected chi connectivity index (χ2v) is 11.2. The van der Waals surface area contributed by atoms with Gasteiger partial charge in [0.15, 0.2) is 5.69 Å². The number of carbonyl (C=O) groups excluding carboxylic acids is 1. The van der Waals surface area contributed by atoms with Crippen molar-refractivity contribution in [1.29, 1.82) is 0 Å². The maximum atomic E-state index is 14.0. The molecule has 2 aromatic heterocycles. The lowest BCUT2D eigenvalue weighted by atomic mass is 9.84. The minimum Gasteiger partial charge on any atom is -0.333 e. The highest BCUT2D eigenvalue weighted by molar-refractivity contribution is 7.16. The van der Waals surface area contributed by atoms with E-state index in [2.05, 4.69) is 21.8 Å². The third kappa shape index (κ3) is 5.52. The van der Waals surface area contributed by atoms with Crippen LogP contribution in [0.25, 0.3) is 16.0 Å². The predicted molar refractivity (Wildman–Crippen MR) is 146 cm³/mol. The van der Waals surface area contributed by atoms with Gasteiger partial charge in [-0.15, -0.1) is 0 Å². The highest BCUT2D eigenvalue weighted by Crippen LogP contribution is 2.45. The van der Waals surface area contributed by atoms with Crippen molar-refractivity contribution < 1.29 is 18.0 Å². The molecule has 10 heteroatoms. The molecule has 0 saturated carbocycles. The van der Waals surface area contributed by atoms with Crippen molar-refractivity contribution in [3.63, 3.8) is 0 Å². The zero-order valence-electron chi connectivity index (χ0n) is 21.9. The molecule has 6 nitrogen and oxygen atoms in total. The van der Waals surface area contributed by atoms with E-state index in [0.717, 1.165) is 29.8 Å². The second-order valence-electron chi connectivity index (χ2n) is 10.1. The highest BCUT2D eigenvalue weighted by Gasteiger charge is 2.39. The maximum Gasteiger partial charge on any atom is 0.435 e. The first-order chi connectivity index (χ1) is 18.7. The van der Waals surface area contributed by atoms with Crippen LogP contribution in [0.5, 0.6) is 0 Å². The third-order valence-corrected chi connectivity index (χ3v) is 8.66. The summed E-state index contributed by atoms with van der Waals surface area (Å²) in [5.74, 6) is -0.513. The first kappa shape index (κ1) is 27.2. The molecule has 1 saturated heterocycles. The van der Waals surface area contributed by atoms with E-state index < -0.39 is 11.9 Å². The number of nitrogens with zero attached hydrogens (tertiary/aromatic N) is 5. The van der Waals surface area contributed by atoms with Crippen LogP contribution in [0.15, 0.2) is 48.7 Å². The van der Waals surface area contributed by atoms with Gasteiger partial charge in [-0.05, 0) is 56.0 Å². The van der Waals surface area contributed by atoms with Crippen LogP contribution in [0, 0.1) is 6.57 Å². The van der Waals surface area contributed by atoms with Gasteiger partial charge in [0, 0.05) is 54.3 Å². The van der Waals surface area contributed by atoms with Crippen molar-refractivity contribution in [1.82, 2.24) is 19.6 Å². The van der Waals surface area contributed by atoms with Gasteiger partial charge in [0.2, 0.25) is 10.9 Å². The van der Waals surface area contributed by atoms with Crippen LogP contribution in [0.4, 0.5) is 18.2 Å². The number of rotatable bonds is 6. The Hall–Kier alpha value is -3.42. The fourth-order valence-corrected chi connectivity index (χ4v) is 6.61. The molecule has 0 aliphatic carbocycles. The van der Waals surface area contributed by atoms with Crippen molar-refractivity contribution in [2.45, 2.75) is 57.9 Å². The number of carbonyl (C=O) groups is 1. The molecule has 1 fully saturated rings. The van der Waals surface area contributed by atoms with Gasteiger partial charge in [-0.3, -0.25) is 14.4 Å². The van der Waals surface area contributed by atoms with E-state index in [1.807, 2.05) is 18.2 Å². The van der Waals surface area contributed by atoms with Crippen LogP contribution in [0.2, 0.25) is 0 Å². The molecule has 2 aliphatic heterocycles. The number of likely N-dealkylation sites (tertiary alicyclic amines) is 1. The number of benzene rings is 1. The minimum atomic E-state index is -4.61. The predicted octanol–water partition coefficient (Wildman–Crippen LogP) is 6.72. The number of aryl methyl sites for hydroxylation is 1. The van der Waals surface area contributed by atoms with Gasteiger partial charge in [0.05, 0.1) is 13.1 Å². The summed E-state index contributed by atoms with van der Waals surface area (Å²) in [7, 11) is 0. The lowest BCUT2D eigenvalue weighted by Gasteiger charge is -2.34. The number of hydrogen-bond acceptors (Lipinski definition) is 4. The van der Waals surface area contributed by atoms with Crippen molar-refractivity contribution in [2.24, 2.45) is 0 Å². The summed E-state index contributed by atoms with van der Waals surface area (Å²) in [5.41, 5.74) is 1.11. The zero-order valence-corrected chi connectivity index (χ0v) is 22.7. The molecular weight excluding hydrogens is 523 g/mol. The number of alkyl halides is 3. The third-order valence-electron chi connectivity index (χ3n) is 7.63. The molecule has 1 amide bonds. The van der Waals surface area contributed by atoms with Gasteiger partial charge in [-0.25, -0.2) is 4.85 Å². The smallest absolute Gasteiger partial charge is 0.333 e. The van der Waals surface area contributed by atoms with Crippen LogP contribution in [0.1, 0.15) is 54.3 Å². The average molecular weight is 554 g/mol. The molecule has 4 heterocycles. The molecule has 1 unspecified atom stereocenters. The molecule has 1 aromatic carbocycles. The van der Waals surface area contributed by atoms with E-state index in [0.29, 0.717) is 48.3 Å². The molecule has 5 rings (SSSR count). The summed E-state index contributed by atoms with van der Waals surface area (Å²) in [6.07, 6.45) is 2.65. The summed E-state index contributed by atoms with van der Waals surface area (Å²) in [4.78, 5) is 21.9. The summed E-state index contributed by atoms with van der Waals surface area (Å²) < 4.78 is 43.3. The van der Waals surface area contributed by atoms with Gasteiger partial charge in [-0.2, -0.15) is 29.6 Å². The molecule has 2 atom stereocenters. The van der Waals surface area contributed by atoms with Crippen molar-refractivity contribution in [3.05, 3.63) is 81.8 Å². The summed E-state index contributed by atoms with van der Waals surface area (Å²) >= 11 is 1.34. The number of thiophene rings is 1. The Labute approximate surface area is 230 Å². The standard InChI is InChI=1S/C29H30F3N5OS/c1-4-37-17-24(28(34-37)29(30,31)32)21-11-6-5-10-20(21)23-16-36(18-25-22(23)15-26(33-3)39-25)27(38)12-8-14-35-13-7-9-19(35)2/h5-6,8,10-12,15,17,19,23H,4,7,9,13-14,16,18H2,1-2H3/b12-8+/t19?,23-/m0/s1. The monoisotopic (exact) mass is 553 g/mol. The first-order valence-electron chi connectivity index (χ1n) is 13.1. The lowest BCUT2D eigenvalue weighted by molar-refractivity contribution is -0.141. The van der Waals surface area contributed by atoms with Crippen LogP contribution >= 0.6 is 11.3 Å². The molecule has 39 heavy (non-hydrogen) atoms. The quantitative estimate of drug-likeness (QED) is 0.252. The molecule has 0 N–H and O–H groups in total. The second kappa shape index (κ2) is 11.0. The Morgan fingerprint density at radius 1 is 1.26 bits per heavy atom. The van der Waals surface area contributed by atoms with E-state index >= 15 is 0 Å². The molecule has 204 valence electrons. The molecule has 3 aromatic rings. The number of hydrogen-bond donors (Lipinski definition) is 0. The SMILES string of the molecule is [C-]#[N+]c1cc2c(s1)CN(C(=O)/C=C/CN1CCCC1C)C[C@H]2c1ccccc1-c1cn(CC)nc1C(F)(F)F. The Kier molecular flexibility index (Phi) is 7.65. The van der Waals surface area contributed by atoms with Crippen molar-refractivity contribution >= 4 is 22.2 Å². The van der Waals surface area contributed by atoms with Crippen LogP contribution in [-0.2, 0) is 24.1 Å². The molecule has 0 radical (unpaired) electrons. The maximum absolute atomic E-state index is 14.0. The molecule has 0 spiro atoms. The van der Waals surface area contributed by atoms with Gasteiger partial charge >= 0.3 is 6.18 Å². The average Bonchev–Trinajstić information content (AvgIpc) is 3.65. The van der Waals surface area contributed by atoms with Gasteiger partial charge in [0.25, 0.3) is 0 Å². The molecule has 0 bridgehead atoms. The Bertz CT molecular complexity index is 1430. The van der Waals surface area contributed by atoms with Crippen LogP contribution in [0.3, 0.4) is 0 Å². The number of amides is 1. The topological polar surface area (TPSA) is 45.7 Å². The fourth-order valence-electron chi connectivity index (χ4n) is 5.59. The molecule has 2 aliphatic rings. The highest BCUT2D eigenvalue weighted by atomic mass is 32.1. The molecular formula is C29H30F3N5OS. The van der Waals surface area contributed by atoms with E-state index in [1.54, 1.807) is 36.1 Å². The van der Waals surface area contributed by atoms with Gasteiger partial charge < -0.3 is 4.90 Å². The zero-order chi connectivity index (χ0) is 27.7. The Balaban J connectivity index is 1.51. The van der Waals surface area contributed by atoms with E-state index in [1.165, 1.54) is 22.2 Å². The summed E-state index contributed by atoms with van der Waals surface area (Å²) in [6, 6.07) is 9.34. The van der Waals surface area contributed by atoms with Crippen molar-refractivity contribution in [2.75, 3.05) is 19.6 Å². The van der Waals surface area contributed by atoms with Gasteiger partial charge in [-0.1, -0.05) is 30.3 Å². The van der Waals surface area contributed by atoms with E-state index in [9.17, 15) is 18.0 Å². The normalized spacial score (nSPS) is 19.9. The van der Waals surface area contributed by atoms with E-state index in [4.69, 9.17) is 6.57 Å². The fraction of sp³-hybridized carbons (Fsp3) is 0.414. The number of aromatic nitrogens is 2. The largest absolute Gasteiger partial charge is 0.435 e. The van der Waals surface area contributed by atoms with Gasteiger partial charge in [0.1, 0.15) is 0 Å². The summed E-state index contributed by atoms with van der Waals surface area (Å²) in [6.45, 7) is 14.2. The lowest BCUT2D eigenvalue weighted by Crippen LogP contribution is -2.37. The Morgan fingerprint density at radius 3 is 2.74 bits per heavy atom. The van der Waals surface area contributed by atoms with Crippen LogP contribution in [-0.4, -0.2) is 51.2 Å². The minimum absolute atomic E-state index is 0.0187. The Morgan fingerprint density at radius 2 is 2.05 bits per heavy atom. The van der Waals surface area contributed by atoms with E-state index in [-0.39, 0.29) is 17.4 Å². The summed E-state index contributed by atoms with van der Waals surface area (Å²) in [5, 5.41) is 4.32. The van der Waals surface area contributed by atoms with Crippen molar-refractivity contribution in [3.8, 4) is 11.1 Å². The first-order valence-corrected chi connectivity index (χ1v) is 13.9. The number of fused-ring (bicyclic) bond motifs is 1. The number of halogens is 3. The van der Waals surface area contributed by atoms with Crippen LogP contribution < -0.4 is 0 Å².